The van der Waals surface area contributed by atoms with E-state index in [1.807, 2.05) is 6.92 Å². The van der Waals surface area contributed by atoms with E-state index in [1.165, 1.54) is 18.5 Å². The molecule has 9 nitrogen and oxygen atoms in total. The molecule has 2 aromatic heterocycles. The lowest BCUT2D eigenvalue weighted by Gasteiger charge is -2.06. The predicted molar refractivity (Wildman–Crippen MR) is 93.8 cm³/mol. The van der Waals surface area contributed by atoms with Gasteiger partial charge < -0.3 is 4.90 Å². The van der Waals surface area contributed by atoms with Crippen LogP contribution in [-0.2, 0) is 10.0 Å². The first-order valence-electron chi connectivity index (χ1n) is 7.29. The van der Waals surface area contributed by atoms with Crippen LogP contribution in [0.4, 0.5) is 5.95 Å². The van der Waals surface area contributed by atoms with E-state index in [0.717, 1.165) is 15.9 Å². The number of aromatic nitrogens is 4. The summed E-state index contributed by atoms with van der Waals surface area (Å²) in [6.45, 7) is 1.86. The van der Waals surface area contributed by atoms with Crippen LogP contribution in [0.2, 0.25) is 0 Å². The van der Waals surface area contributed by atoms with Crippen LogP contribution in [0.15, 0.2) is 45.3 Å². The molecular weight excluding hydrogens is 344 g/mol. The molecule has 0 spiro atoms. The Balaban J connectivity index is 2.20. The fourth-order valence-electron chi connectivity index (χ4n) is 2.11. The van der Waals surface area contributed by atoms with E-state index in [2.05, 4.69) is 19.9 Å². The largest absolute Gasteiger partial charge is 0.369 e. The third-order valence-electron chi connectivity index (χ3n) is 3.35. The van der Waals surface area contributed by atoms with Gasteiger partial charge in [0.2, 0.25) is 5.95 Å². The molecule has 2 heterocycles. The molecule has 1 N–H and O–H groups in total. The lowest BCUT2D eigenvalue weighted by Crippen LogP contribution is -2.15. The fraction of sp³-hybridized carbons (Fsp3) is 0.200. The second-order valence-corrected chi connectivity index (χ2v) is 7.44. The molecule has 0 atom stereocenters. The number of hydrogen-bond acceptors (Lipinski definition) is 6. The van der Waals surface area contributed by atoms with E-state index in [-0.39, 0.29) is 22.0 Å². The minimum absolute atomic E-state index is 0.00736. The van der Waals surface area contributed by atoms with Crippen LogP contribution in [-0.4, -0.2) is 52.7 Å². The molecule has 130 valence electrons. The highest BCUT2D eigenvalue weighted by molar-refractivity contribution is 7.90. The van der Waals surface area contributed by atoms with Crippen LogP contribution < -0.4 is 5.56 Å². The van der Waals surface area contributed by atoms with Gasteiger partial charge in [0.25, 0.3) is 15.6 Å². The highest BCUT2D eigenvalue weighted by atomic mass is 32.2. The fourth-order valence-corrected chi connectivity index (χ4v) is 3.34. The molecule has 0 radical (unpaired) electrons. The van der Waals surface area contributed by atoms with Gasteiger partial charge in [-0.2, -0.15) is 4.98 Å². The SMILES string of the molecule is Cc1ccc(S(=O)(=O)n2cnc3c(=O)[nH]c(/N=C/N(C)C)nc32)cc1. The first kappa shape index (κ1) is 16.8. The van der Waals surface area contributed by atoms with Crippen molar-refractivity contribution in [2.45, 2.75) is 11.8 Å². The van der Waals surface area contributed by atoms with Crippen molar-refractivity contribution in [3.63, 3.8) is 0 Å². The molecule has 0 bridgehead atoms. The second-order valence-electron chi connectivity index (χ2n) is 5.63. The Kier molecular flexibility index (Phi) is 4.13. The number of H-pyrrole nitrogens is 1. The molecule has 0 aliphatic carbocycles. The summed E-state index contributed by atoms with van der Waals surface area (Å²) in [6, 6.07) is 6.38. The number of nitrogens with zero attached hydrogens (tertiary/aromatic N) is 5. The summed E-state index contributed by atoms with van der Waals surface area (Å²) in [5.41, 5.74) is 0.229. The van der Waals surface area contributed by atoms with Gasteiger partial charge in [0.05, 0.1) is 11.2 Å². The Hall–Kier alpha value is -3.01. The van der Waals surface area contributed by atoms with Crippen molar-refractivity contribution >= 4 is 33.5 Å². The van der Waals surface area contributed by atoms with Crippen molar-refractivity contribution in [3.8, 4) is 0 Å². The van der Waals surface area contributed by atoms with Crippen molar-refractivity contribution in [1.29, 1.82) is 0 Å². The maximum absolute atomic E-state index is 12.8. The van der Waals surface area contributed by atoms with Crippen molar-refractivity contribution in [2.24, 2.45) is 4.99 Å². The van der Waals surface area contributed by atoms with Crippen LogP contribution in [0.5, 0.6) is 0 Å². The van der Waals surface area contributed by atoms with Gasteiger partial charge in [0.1, 0.15) is 6.33 Å². The van der Waals surface area contributed by atoms with Crippen LogP contribution in [0, 0.1) is 6.92 Å². The Labute approximate surface area is 143 Å². The van der Waals surface area contributed by atoms with Crippen LogP contribution in [0.3, 0.4) is 0 Å². The first-order chi connectivity index (χ1) is 11.8. The third-order valence-corrected chi connectivity index (χ3v) is 5.01. The summed E-state index contributed by atoms with van der Waals surface area (Å²) in [5.74, 6) is -0.00736. The smallest absolute Gasteiger partial charge is 0.280 e. The van der Waals surface area contributed by atoms with Gasteiger partial charge in [0.15, 0.2) is 11.2 Å². The maximum atomic E-state index is 12.8. The number of aliphatic imine (C=N–C) groups is 1. The third kappa shape index (κ3) is 3.15. The molecule has 3 rings (SSSR count). The van der Waals surface area contributed by atoms with Crippen LogP contribution >= 0.6 is 0 Å². The zero-order valence-corrected chi connectivity index (χ0v) is 14.6. The van der Waals surface area contributed by atoms with Crippen molar-refractivity contribution in [2.75, 3.05) is 14.1 Å². The highest BCUT2D eigenvalue weighted by Gasteiger charge is 2.22. The molecule has 10 heteroatoms. The van der Waals surface area contributed by atoms with Gasteiger partial charge in [-0.25, -0.2) is 22.4 Å². The van der Waals surface area contributed by atoms with Crippen molar-refractivity contribution in [3.05, 3.63) is 46.5 Å². The summed E-state index contributed by atoms with van der Waals surface area (Å²) in [5, 5.41) is 0. The molecule has 0 amide bonds. The Morgan fingerprint density at radius 1 is 1.24 bits per heavy atom. The molecule has 0 aliphatic heterocycles. The van der Waals surface area contributed by atoms with Crippen LogP contribution in [0.25, 0.3) is 11.2 Å². The van der Waals surface area contributed by atoms with Gasteiger partial charge in [-0.15, -0.1) is 0 Å². The average molecular weight is 360 g/mol. The normalized spacial score (nSPS) is 12.1. The number of aryl methyl sites for hydroxylation is 1. The predicted octanol–water partition coefficient (Wildman–Crippen LogP) is 0.886. The monoisotopic (exact) mass is 360 g/mol. The molecule has 0 saturated carbocycles. The molecule has 0 saturated heterocycles. The van der Waals surface area contributed by atoms with E-state index >= 15 is 0 Å². The van der Waals surface area contributed by atoms with Gasteiger partial charge in [-0.1, -0.05) is 17.7 Å². The zero-order valence-electron chi connectivity index (χ0n) is 13.8. The highest BCUT2D eigenvalue weighted by Crippen LogP contribution is 2.19. The minimum Gasteiger partial charge on any atom is -0.369 e. The number of benzene rings is 1. The quantitative estimate of drug-likeness (QED) is 0.546. The lowest BCUT2D eigenvalue weighted by molar-refractivity contribution is 0.588. The topological polar surface area (TPSA) is 113 Å². The van der Waals surface area contributed by atoms with Crippen molar-refractivity contribution < 1.29 is 8.42 Å². The van der Waals surface area contributed by atoms with Gasteiger partial charge >= 0.3 is 0 Å². The molecular formula is C15H16N6O3S. The minimum atomic E-state index is -3.93. The zero-order chi connectivity index (χ0) is 18.2. The van der Waals surface area contributed by atoms with Gasteiger partial charge in [-0.05, 0) is 19.1 Å². The Morgan fingerprint density at radius 2 is 1.92 bits per heavy atom. The summed E-state index contributed by atoms with van der Waals surface area (Å²) in [7, 11) is -0.415. The summed E-state index contributed by atoms with van der Waals surface area (Å²) >= 11 is 0. The van der Waals surface area contributed by atoms with E-state index in [9.17, 15) is 13.2 Å². The maximum Gasteiger partial charge on any atom is 0.280 e. The number of imidazole rings is 1. The Bertz CT molecular complexity index is 1110. The second kappa shape index (κ2) is 6.13. The van der Waals surface area contributed by atoms with E-state index in [1.54, 1.807) is 31.1 Å². The first-order valence-corrected chi connectivity index (χ1v) is 8.73. The molecule has 0 fully saturated rings. The number of rotatable bonds is 4. The summed E-state index contributed by atoms with van der Waals surface area (Å²) in [4.78, 5) is 28.3. The summed E-state index contributed by atoms with van der Waals surface area (Å²) in [6.07, 6.45) is 2.51. The lowest BCUT2D eigenvalue weighted by atomic mass is 10.2. The number of fused-ring (bicyclic) bond motifs is 1. The van der Waals surface area contributed by atoms with E-state index in [0.29, 0.717) is 0 Å². The molecule has 25 heavy (non-hydrogen) atoms. The Morgan fingerprint density at radius 3 is 2.56 bits per heavy atom. The average Bonchev–Trinajstić information content (AvgIpc) is 2.98. The molecule has 0 aliphatic rings. The van der Waals surface area contributed by atoms with Gasteiger partial charge in [0, 0.05) is 14.1 Å². The van der Waals surface area contributed by atoms with Gasteiger partial charge in [-0.3, -0.25) is 9.78 Å². The molecule has 1 aromatic carbocycles. The number of hydrogen-bond donors (Lipinski definition) is 1. The molecule has 0 unspecified atom stereocenters. The van der Waals surface area contributed by atoms with Crippen LogP contribution in [0.1, 0.15) is 5.56 Å². The van der Waals surface area contributed by atoms with E-state index < -0.39 is 15.6 Å². The number of nitrogens with one attached hydrogen (secondary N) is 1. The standard InChI is InChI=1S/C15H16N6O3S/c1-10-4-6-11(7-5-10)25(23,24)21-9-16-12-13(21)18-15(19-14(12)22)17-8-20(2)3/h4-9H,1-3H3,(H,18,19,22)/b17-8+. The van der Waals surface area contributed by atoms with Crippen molar-refractivity contribution in [1.82, 2.24) is 23.8 Å². The summed E-state index contributed by atoms with van der Waals surface area (Å²) < 4.78 is 26.6. The molecule has 3 aromatic rings. The number of aromatic amines is 1. The van der Waals surface area contributed by atoms with E-state index in [4.69, 9.17) is 0 Å².